The van der Waals surface area contributed by atoms with E-state index in [1.165, 1.54) is 6.07 Å². The maximum Gasteiger partial charge on any atom is 0.269 e. The second kappa shape index (κ2) is 5.44. The van der Waals surface area contributed by atoms with Crippen LogP contribution in [0.2, 0.25) is 0 Å². The average molecular weight is 289 g/mol. The van der Waals surface area contributed by atoms with Crippen molar-refractivity contribution in [2.75, 3.05) is 0 Å². The van der Waals surface area contributed by atoms with Crippen LogP contribution in [0.1, 0.15) is 44.3 Å². The van der Waals surface area contributed by atoms with Gasteiger partial charge in [-0.05, 0) is 25.3 Å². The maximum absolute atomic E-state index is 12.4. The number of carbonyl (C=O) groups excluding carboxylic acids is 1. The first-order chi connectivity index (χ1) is 10.1. The maximum atomic E-state index is 12.4. The minimum Gasteiger partial charge on any atom is -0.319 e. The molecule has 0 radical (unpaired) electrons. The first-order valence-electron chi connectivity index (χ1n) is 7.40. The van der Waals surface area contributed by atoms with Gasteiger partial charge in [-0.3, -0.25) is 20.2 Å². The number of nitrogens with zero attached hydrogens (tertiary/aromatic N) is 2. The molecule has 6 heteroatoms. The second-order valence-electron chi connectivity index (χ2n) is 5.83. The molecular weight excluding hydrogens is 270 g/mol. The summed E-state index contributed by atoms with van der Waals surface area (Å²) in [6.07, 6.45) is 4.07. The standard InChI is InChI=1S/C15H19N3O3/c1-10-15(19)17(12-6-2-3-7-12)14(16-10)11-5-4-8-13(9-11)18(20)21/h4-5,8-10,12,14,16H,2-3,6-7H2,1H3. The molecule has 2 aliphatic rings. The molecule has 1 amide bonds. The number of hydrogen-bond donors (Lipinski definition) is 1. The normalized spacial score (nSPS) is 26.5. The van der Waals surface area contributed by atoms with Gasteiger partial charge in [0.15, 0.2) is 0 Å². The zero-order valence-corrected chi connectivity index (χ0v) is 12.0. The van der Waals surface area contributed by atoms with E-state index in [9.17, 15) is 14.9 Å². The van der Waals surface area contributed by atoms with Gasteiger partial charge in [-0.2, -0.15) is 0 Å². The molecule has 112 valence electrons. The molecule has 1 N–H and O–H groups in total. The number of amides is 1. The van der Waals surface area contributed by atoms with Crippen LogP contribution in [0, 0.1) is 10.1 Å². The Morgan fingerprint density at radius 2 is 2.05 bits per heavy atom. The Hall–Kier alpha value is -1.95. The Bertz CT molecular complexity index is 569. The van der Waals surface area contributed by atoms with Crippen molar-refractivity contribution in [3.63, 3.8) is 0 Å². The monoisotopic (exact) mass is 289 g/mol. The summed E-state index contributed by atoms with van der Waals surface area (Å²) in [4.78, 5) is 24.9. The van der Waals surface area contributed by atoms with Crippen LogP contribution in [-0.2, 0) is 4.79 Å². The number of nitro benzene ring substituents is 1. The molecule has 0 bridgehead atoms. The van der Waals surface area contributed by atoms with Crippen LogP contribution in [0.15, 0.2) is 24.3 Å². The number of non-ortho nitro benzene ring substituents is 1. The van der Waals surface area contributed by atoms with Gasteiger partial charge in [0.25, 0.3) is 5.69 Å². The van der Waals surface area contributed by atoms with Gasteiger partial charge < -0.3 is 4.90 Å². The lowest BCUT2D eigenvalue weighted by Gasteiger charge is -2.30. The summed E-state index contributed by atoms with van der Waals surface area (Å²) in [7, 11) is 0. The molecule has 2 unspecified atom stereocenters. The van der Waals surface area contributed by atoms with Crippen LogP contribution >= 0.6 is 0 Å². The topological polar surface area (TPSA) is 75.5 Å². The number of benzene rings is 1. The molecule has 0 spiro atoms. The van der Waals surface area contributed by atoms with Crippen LogP contribution in [0.4, 0.5) is 5.69 Å². The van der Waals surface area contributed by atoms with E-state index in [0.29, 0.717) is 0 Å². The van der Waals surface area contributed by atoms with Crippen LogP contribution < -0.4 is 5.32 Å². The summed E-state index contributed by atoms with van der Waals surface area (Å²) in [6.45, 7) is 1.85. The number of rotatable bonds is 3. The first kappa shape index (κ1) is 14.0. The predicted octanol–water partition coefficient (Wildman–Crippen LogP) is 2.36. The van der Waals surface area contributed by atoms with E-state index >= 15 is 0 Å². The fraction of sp³-hybridized carbons (Fsp3) is 0.533. The third-order valence-electron chi connectivity index (χ3n) is 4.43. The minimum atomic E-state index is -0.399. The average Bonchev–Trinajstić information content (AvgIpc) is 3.08. The SMILES string of the molecule is CC1NC(c2cccc([N+](=O)[O-])c2)N(C2CCCC2)C1=O. The van der Waals surface area contributed by atoms with Crippen LogP contribution in [0.5, 0.6) is 0 Å². The predicted molar refractivity (Wildman–Crippen MR) is 77.5 cm³/mol. The van der Waals surface area contributed by atoms with Crippen molar-refractivity contribution in [1.82, 2.24) is 10.2 Å². The number of nitrogens with one attached hydrogen (secondary N) is 1. The van der Waals surface area contributed by atoms with Gasteiger partial charge in [0, 0.05) is 18.2 Å². The smallest absolute Gasteiger partial charge is 0.269 e. The van der Waals surface area contributed by atoms with Gasteiger partial charge in [0.2, 0.25) is 5.91 Å². The summed E-state index contributed by atoms with van der Waals surface area (Å²) < 4.78 is 0. The highest BCUT2D eigenvalue weighted by atomic mass is 16.6. The lowest BCUT2D eigenvalue weighted by atomic mass is 10.1. The molecule has 2 fully saturated rings. The molecular formula is C15H19N3O3. The van der Waals surface area contributed by atoms with E-state index in [1.807, 2.05) is 17.9 Å². The van der Waals surface area contributed by atoms with Gasteiger partial charge in [-0.15, -0.1) is 0 Å². The van der Waals surface area contributed by atoms with Crippen LogP contribution in [0.25, 0.3) is 0 Å². The van der Waals surface area contributed by atoms with Crippen molar-refractivity contribution >= 4 is 11.6 Å². The molecule has 1 aromatic carbocycles. The zero-order chi connectivity index (χ0) is 15.0. The van der Waals surface area contributed by atoms with Gasteiger partial charge in [0.05, 0.1) is 11.0 Å². The van der Waals surface area contributed by atoms with E-state index in [0.717, 1.165) is 31.2 Å². The third-order valence-corrected chi connectivity index (χ3v) is 4.43. The lowest BCUT2D eigenvalue weighted by molar-refractivity contribution is -0.385. The summed E-state index contributed by atoms with van der Waals surface area (Å²) in [6, 6.07) is 6.57. The highest BCUT2D eigenvalue weighted by Crippen LogP contribution is 2.34. The van der Waals surface area contributed by atoms with Crippen molar-refractivity contribution in [2.45, 2.75) is 50.9 Å². The largest absolute Gasteiger partial charge is 0.319 e. The quantitative estimate of drug-likeness (QED) is 0.684. The Morgan fingerprint density at radius 1 is 1.33 bits per heavy atom. The fourth-order valence-electron chi connectivity index (χ4n) is 3.38. The first-order valence-corrected chi connectivity index (χ1v) is 7.40. The Morgan fingerprint density at radius 3 is 2.71 bits per heavy atom. The number of carbonyl (C=O) groups is 1. The zero-order valence-electron chi connectivity index (χ0n) is 12.0. The molecule has 1 saturated carbocycles. The van der Waals surface area contributed by atoms with E-state index in [1.54, 1.807) is 12.1 Å². The van der Waals surface area contributed by atoms with Crippen LogP contribution in [-0.4, -0.2) is 27.8 Å². The summed E-state index contributed by atoms with van der Waals surface area (Å²) >= 11 is 0. The van der Waals surface area contributed by atoms with Crippen molar-refractivity contribution in [3.05, 3.63) is 39.9 Å². The lowest BCUT2D eigenvalue weighted by Crippen LogP contribution is -2.38. The molecule has 6 nitrogen and oxygen atoms in total. The van der Waals surface area contributed by atoms with Crippen molar-refractivity contribution < 1.29 is 9.72 Å². The molecule has 1 heterocycles. The van der Waals surface area contributed by atoms with Gasteiger partial charge in [0.1, 0.15) is 6.17 Å². The highest BCUT2D eigenvalue weighted by molar-refractivity contribution is 5.84. The van der Waals surface area contributed by atoms with Crippen LogP contribution in [0.3, 0.4) is 0 Å². The number of hydrogen-bond acceptors (Lipinski definition) is 4. The van der Waals surface area contributed by atoms with Gasteiger partial charge >= 0.3 is 0 Å². The summed E-state index contributed by atoms with van der Waals surface area (Å²) in [5.41, 5.74) is 0.849. The molecule has 3 rings (SSSR count). The van der Waals surface area contributed by atoms with E-state index in [-0.39, 0.29) is 29.8 Å². The molecule has 1 saturated heterocycles. The van der Waals surface area contributed by atoms with Crippen molar-refractivity contribution in [1.29, 1.82) is 0 Å². The second-order valence-corrected chi connectivity index (χ2v) is 5.83. The van der Waals surface area contributed by atoms with E-state index in [2.05, 4.69) is 5.32 Å². The van der Waals surface area contributed by atoms with Gasteiger partial charge in [-0.25, -0.2) is 0 Å². The summed E-state index contributed by atoms with van der Waals surface area (Å²) in [5.74, 6) is 0.0957. The fourth-order valence-corrected chi connectivity index (χ4v) is 3.38. The molecule has 1 aromatic rings. The Labute approximate surface area is 123 Å². The number of nitro groups is 1. The minimum absolute atomic E-state index is 0.0627. The van der Waals surface area contributed by atoms with E-state index < -0.39 is 4.92 Å². The van der Waals surface area contributed by atoms with Crippen molar-refractivity contribution in [3.8, 4) is 0 Å². The highest BCUT2D eigenvalue weighted by Gasteiger charge is 2.42. The van der Waals surface area contributed by atoms with Gasteiger partial charge in [-0.1, -0.05) is 25.0 Å². The van der Waals surface area contributed by atoms with Crippen molar-refractivity contribution in [2.24, 2.45) is 0 Å². The summed E-state index contributed by atoms with van der Waals surface area (Å²) in [5, 5.41) is 14.2. The Kier molecular flexibility index (Phi) is 3.63. The third kappa shape index (κ3) is 2.51. The molecule has 1 aliphatic carbocycles. The van der Waals surface area contributed by atoms with E-state index in [4.69, 9.17) is 0 Å². The Balaban J connectivity index is 1.93. The molecule has 21 heavy (non-hydrogen) atoms. The molecule has 1 aliphatic heterocycles. The molecule has 0 aromatic heterocycles. The molecule has 2 atom stereocenters.